The summed E-state index contributed by atoms with van der Waals surface area (Å²) in [6.45, 7) is 5.05. The van der Waals surface area contributed by atoms with Gasteiger partial charge in [-0.3, -0.25) is 14.5 Å². The second-order valence-corrected chi connectivity index (χ2v) is 5.20. The molecule has 0 spiro atoms. The first-order valence-corrected chi connectivity index (χ1v) is 6.96. The molecule has 1 saturated heterocycles. The monoisotopic (exact) mass is 266 g/mol. The molecule has 106 valence electrons. The van der Waals surface area contributed by atoms with E-state index < -0.39 is 0 Å². The van der Waals surface area contributed by atoms with Gasteiger partial charge in [-0.1, -0.05) is 6.92 Å². The van der Waals surface area contributed by atoms with Crippen LogP contribution in [0.3, 0.4) is 0 Å². The van der Waals surface area contributed by atoms with Gasteiger partial charge in [-0.2, -0.15) is 5.10 Å². The van der Waals surface area contributed by atoms with Crippen molar-refractivity contribution in [2.24, 2.45) is 5.10 Å². The summed E-state index contributed by atoms with van der Waals surface area (Å²) in [7, 11) is 1.81. The van der Waals surface area contributed by atoms with Gasteiger partial charge in [-0.05, 0) is 25.9 Å². The lowest BCUT2D eigenvalue weighted by atomic mass is 10.1. The van der Waals surface area contributed by atoms with Crippen LogP contribution in [-0.2, 0) is 9.59 Å². The summed E-state index contributed by atoms with van der Waals surface area (Å²) in [5.41, 5.74) is 2.83. The van der Waals surface area contributed by atoms with E-state index in [0.29, 0.717) is 24.6 Å². The number of hydrogen-bond acceptors (Lipinski definition) is 4. The van der Waals surface area contributed by atoms with Gasteiger partial charge >= 0.3 is 0 Å². The summed E-state index contributed by atoms with van der Waals surface area (Å²) >= 11 is 0. The number of likely N-dealkylation sites (N-methyl/N-ethyl adjacent to an activating group) is 2. The third-order valence-corrected chi connectivity index (χ3v) is 3.89. The zero-order valence-electron chi connectivity index (χ0n) is 11.7. The first-order valence-electron chi connectivity index (χ1n) is 6.96. The molecule has 6 nitrogen and oxygen atoms in total. The normalized spacial score (nSPS) is 24.0. The van der Waals surface area contributed by atoms with Crippen molar-refractivity contribution in [2.45, 2.75) is 38.6 Å². The Morgan fingerprint density at radius 2 is 2.32 bits per heavy atom. The van der Waals surface area contributed by atoms with Crippen molar-refractivity contribution < 1.29 is 9.59 Å². The van der Waals surface area contributed by atoms with E-state index >= 15 is 0 Å². The molecule has 1 N–H and O–H groups in total. The lowest BCUT2D eigenvalue weighted by molar-refractivity contribution is -0.124. The van der Waals surface area contributed by atoms with Crippen LogP contribution in [0, 0.1) is 0 Å². The van der Waals surface area contributed by atoms with Crippen LogP contribution in [0.4, 0.5) is 0 Å². The summed E-state index contributed by atoms with van der Waals surface area (Å²) in [5, 5.41) is 3.86. The molecular weight excluding hydrogens is 244 g/mol. The van der Waals surface area contributed by atoms with Crippen molar-refractivity contribution in [3.63, 3.8) is 0 Å². The highest BCUT2D eigenvalue weighted by atomic mass is 16.2. The average Bonchev–Trinajstić information content (AvgIpc) is 2.86. The molecule has 0 aromatic heterocycles. The largest absolute Gasteiger partial charge is 0.339 e. The zero-order valence-corrected chi connectivity index (χ0v) is 11.7. The Morgan fingerprint density at radius 1 is 1.53 bits per heavy atom. The Kier molecular flexibility index (Phi) is 4.52. The standard InChI is InChI=1S/C13H22N4O2/c1-3-17-8-4-5-10(17)9-16(2)13(19)11-6-7-12(18)15-14-11/h10H,3-9H2,1-2H3,(H,15,18). The fourth-order valence-electron chi connectivity index (χ4n) is 2.77. The van der Waals surface area contributed by atoms with Crippen LogP contribution in [0.25, 0.3) is 0 Å². The molecule has 0 saturated carbocycles. The van der Waals surface area contributed by atoms with Gasteiger partial charge in [-0.25, -0.2) is 5.43 Å². The molecule has 2 aliphatic rings. The summed E-state index contributed by atoms with van der Waals surface area (Å²) in [6, 6.07) is 0.456. The molecule has 2 aliphatic heterocycles. The summed E-state index contributed by atoms with van der Waals surface area (Å²) in [5.74, 6) is -0.185. The topological polar surface area (TPSA) is 65.0 Å². The van der Waals surface area contributed by atoms with Gasteiger partial charge in [0.1, 0.15) is 5.71 Å². The molecule has 1 unspecified atom stereocenters. The predicted molar refractivity (Wildman–Crippen MR) is 72.7 cm³/mol. The third-order valence-electron chi connectivity index (χ3n) is 3.89. The minimum atomic E-state index is -0.118. The van der Waals surface area contributed by atoms with Crippen molar-refractivity contribution >= 4 is 17.5 Å². The molecule has 1 fully saturated rings. The molecule has 0 radical (unpaired) electrons. The van der Waals surface area contributed by atoms with E-state index in [-0.39, 0.29) is 11.8 Å². The van der Waals surface area contributed by atoms with E-state index in [2.05, 4.69) is 22.4 Å². The lowest BCUT2D eigenvalue weighted by Crippen LogP contribution is -2.44. The maximum atomic E-state index is 12.2. The SMILES string of the molecule is CCN1CCCC1CN(C)C(=O)C1=NNC(=O)CC1. The first-order chi connectivity index (χ1) is 9.11. The van der Waals surface area contributed by atoms with Gasteiger partial charge in [0.2, 0.25) is 5.91 Å². The van der Waals surface area contributed by atoms with Crippen molar-refractivity contribution in [1.29, 1.82) is 0 Å². The second-order valence-electron chi connectivity index (χ2n) is 5.20. The number of likely N-dealkylation sites (tertiary alicyclic amines) is 1. The Bertz CT molecular complexity index is 394. The van der Waals surface area contributed by atoms with Crippen LogP contribution in [0.1, 0.15) is 32.6 Å². The molecule has 0 aromatic rings. The number of carbonyl (C=O) groups is 2. The highest BCUT2D eigenvalue weighted by molar-refractivity contribution is 6.39. The fourth-order valence-corrected chi connectivity index (χ4v) is 2.77. The molecule has 19 heavy (non-hydrogen) atoms. The summed E-state index contributed by atoms with van der Waals surface area (Å²) < 4.78 is 0. The Labute approximate surface area is 113 Å². The number of nitrogens with one attached hydrogen (secondary N) is 1. The van der Waals surface area contributed by atoms with Crippen LogP contribution in [-0.4, -0.2) is 60.0 Å². The van der Waals surface area contributed by atoms with E-state index in [1.54, 1.807) is 4.90 Å². The van der Waals surface area contributed by atoms with Crippen LogP contribution < -0.4 is 5.43 Å². The molecule has 2 amide bonds. The van der Waals surface area contributed by atoms with Gasteiger partial charge in [0.25, 0.3) is 5.91 Å². The average molecular weight is 266 g/mol. The number of hydrazone groups is 1. The zero-order chi connectivity index (χ0) is 13.8. The van der Waals surface area contributed by atoms with Crippen molar-refractivity contribution in [3.8, 4) is 0 Å². The molecule has 2 heterocycles. The molecule has 2 rings (SSSR count). The maximum Gasteiger partial charge on any atom is 0.269 e. The van der Waals surface area contributed by atoms with Gasteiger partial charge in [0.05, 0.1) is 0 Å². The fraction of sp³-hybridized carbons (Fsp3) is 0.769. The molecule has 0 aromatic carbocycles. The molecule has 0 bridgehead atoms. The smallest absolute Gasteiger partial charge is 0.269 e. The van der Waals surface area contributed by atoms with Gasteiger partial charge in [-0.15, -0.1) is 0 Å². The van der Waals surface area contributed by atoms with Crippen LogP contribution >= 0.6 is 0 Å². The summed E-state index contributed by atoms with van der Waals surface area (Å²) in [6.07, 6.45) is 3.15. The number of nitrogens with zero attached hydrogens (tertiary/aromatic N) is 3. The number of hydrogen-bond donors (Lipinski definition) is 1. The number of amides is 2. The quantitative estimate of drug-likeness (QED) is 0.790. The molecular formula is C13H22N4O2. The van der Waals surface area contributed by atoms with Crippen LogP contribution in [0.2, 0.25) is 0 Å². The minimum Gasteiger partial charge on any atom is -0.339 e. The van der Waals surface area contributed by atoms with Crippen molar-refractivity contribution in [3.05, 3.63) is 0 Å². The highest BCUT2D eigenvalue weighted by Crippen LogP contribution is 2.17. The van der Waals surface area contributed by atoms with Crippen molar-refractivity contribution in [1.82, 2.24) is 15.2 Å². The third kappa shape index (κ3) is 3.32. The number of carbonyl (C=O) groups excluding carboxylic acids is 2. The Hall–Kier alpha value is -1.43. The Balaban J connectivity index is 1.90. The molecule has 1 atom stereocenters. The van der Waals surface area contributed by atoms with Crippen molar-refractivity contribution in [2.75, 3.05) is 26.7 Å². The van der Waals surface area contributed by atoms with Gasteiger partial charge < -0.3 is 4.90 Å². The summed E-state index contributed by atoms with van der Waals surface area (Å²) in [4.78, 5) is 27.4. The highest BCUT2D eigenvalue weighted by Gasteiger charge is 2.27. The Morgan fingerprint density at radius 3 is 2.95 bits per heavy atom. The second kappa shape index (κ2) is 6.14. The van der Waals surface area contributed by atoms with Gasteiger partial charge in [0, 0.05) is 32.5 Å². The maximum absolute atomic E-state index is 12.2. The van der Waals surface area contributed by atoms with E-state index in [4.69, 9.17) is 0 Å². The van der Waals surface area contributed by atoms with E-state index in [9.17, 15) is 9.59 Å². The lowest BCUT2D eigenvalue weighted by Gasteiger charge is -2.28. The van der Waals surface area contributed by atoms with Crippen LogP contribution in [0.5, 0.6) is 0 Å². The molecule has 6 heteroatoms. The number of rotatable bonds is 4. The first kappa shape index (κ1) is 14.0. The molecule has 0 aliphatic carbocycles. The van der Waals surface area contributed by atoms with E-state index in [0.717, 1.165) is 26.1 Å². The van der Waals surface area contributed by atoms with Gasteiger partial charge in [0.15, 0.2) is 0 Å². The van der Waals surface area contributed by atoms with E-state index in [1.807, 2.05) is 7.05 Å². The van der Waals surface area contributed by atoms with E-state index in [1.165, 1.54) is 6.42 Å². The van der Waals surface area contributed by atoms with Crippen LogP contribution in [0.15, 0.2) is 5.10 Å². The minimum absolute atomic E-state index is 0.0667. The predicted octanol–water partition coefficient (Wildman–Crippen LogP) is 0.195.